The van der Waals surface area contributed by atoms with Gasteiger partial charge in [-0.15, -0.1) is 8.78 Å². The van der Waals surface area contributed by atoms with Gasteiger partial charge in [-0.3, -0.25) is 4.79 Å². The number of anilines is 1. The van der Waals surface area contributed by atoms with Crippen LogP contribution in [0.15, 0.2) is 36.4 Å². The van der Waals surface area contributed by atoms with Gasteiger partial charge < -0.3 is 19.8 Å². The lowest BCUT2D eigenvalue weighted by Gasteiger charge is -2.17. The molecule has 168 valence electrons. The Balaban J connectivity index is 0.00000162. The van der Waals surface area contributed by atoms with Crippen LogP contribution in [0.4, 0.5) is 14.5 Å². The zero-order valence-electron chi connectivity index (χ0n) is 17.8. The van der Waals surface area contributed by atoms with Crippen LogP contribution in [-0.2, 0) is 15.6 Å². The third-order valence-corrected chi connectivity index (χ3v) is 6.07. The van der Waals surface area contributed by atoms with Crippen LogP contribution in [0.2, 0.25) is 0 Å². The fourth-order valence-electron chi connectivity index (χ4n) is 4.04. The number of alkyl halides is 2. The molecule has 1 aliphatic carbocycles. The van der Waals surface area contributed by atoms with Crippen molar-refractivity contribution >= 4 is 22.5 Å². The average molecular weight is 441 g/mol. The van der Waals surface area contributed by atoms with Crippen LogP contribution < -0.4 is 14.8 Å². The number of benzene rings is 2. The van der Waals surface area contributed by atoms with E-state index in [4.69, 9.17) is 0 Å². The summed E-state index contributed by atoms with van der Waals surface area (Å²) in [5.41, 5.74) is 2.23. The molecule has 2 heterocycles. The first-order valence-electron chi connectivity index (χ1n) is 10.3. The number of H-pyrrole nitrogens is 1. The smallest absolute Gasteiger partial charge is 0.395 e. The predicted octanol–water partition coefficient (Wildman–Crippen LogP) is 5.82. The van der Waals surface area contributed by atoms with E-state index in [2.05, 4.69) is 46.6 Å². The normalized spacial score (nSPS) is 17.8. The summed E-state index contributed by atoms with van der Waals surface area (Å²) in [6, 6.07) is 12.1. The average Bonchev–Trinajstić information content (AvgIpc) is 3.31. The van der Waals surface area contributed by atoms with E-state index < -0.39 is 11.7 Å². The lowest BCUT2D eigenvalue weighted by atomic mass is 9.92. The summed E-state index contributed by atoms with van der Waals surface area (Å²) in [6.07, 6.45) is -2.58. The van der Waals surface area contributed by atoms with E-state index in [1.54, 1.807) is 18.2 Å². The number of hydrogen-bond donors (Lipinski definition) is 2. The SMILES string of the molecule is CC(C)(C)c1cc2cc(NC(=O)C3(c4ccc5c(c4)OC(F)(F)O5)CC3)c(C#N)cc2[nH]1.[HH].[HH]. The predicted molar refractivity (Wildman–Crippen MR) is 118 cm³/mol. The van der Waals surface area contributed by atoms with Crippen molar-refractivity contribution in [2.75, 3.05) is 5.32 Å². The molecule has 0 radical (unpaired) electrons. The van der Waals surface area contributed by atoms with E-state index in [-0.39, 0.29) is 25.7 Å². The maximum absolute atomic E-state index is 13.4. The molecular formula is C24H25F2N3O3. The van der Waals surface area contributed by atoms with Gasteiger partial charge in [-0.2, -0.15) is 5.26 Å². The summed E-state index contributed by atoms with van der Waals surface area (Å²) in [4.78, 5) is 16.6. The highest BCUT2D eigenvalue weighted by Gasteiger charge is 2.53. The van der Waals surface area contributed by atoms with Crippen molar-refractivity contribution < 1.29 is 25.9 Å². The Morgan fingerprint density at radius 3 is 2.53 bits per heavy atom. The number of nitriles is 1. The number of aromatic amines is 1. The van der Waals surface area contributed by atoms with Gasteiger partial charge >= 0.3 is 6.29 Å². The van der Waals surface area contributed by atoms with E-state index in [1.165, 1.54) is 12.1 Å². The molecule has 1 fully saturated rings. The number of hydrogen-bond acceptors (Lipinski definition) is 4. The molecule has 1 aromatic heterocycles. The van der Waals surface area contributed by atoms with Gasteiger partial charge in [-0.1, -0.05) is 26.8 Å². The van der Waals surface area contributed by atoms with Crippen LogP contribution in [0, 0.1) is 11.3 Å². The molecule has 0 unspecified atom stereocenters. The molecule has 3 aromatic rings. The molecule has 32 heavy (non-hydrogen) atoms. The fraction of sp³-hybridized carbons (Fsp3) is 0.333. The largest absolute Gasteiger partial charge is 0.586 e. The number of rotatable bonds is 3. The molecular weight excluding hydrogens is 416 g/mol. The summed E-state index contributed by atoms with van der Waals surface area (Å²) >= 11 is 0. The molecule has 0 saturated heterocycles. The van der Waals surface area contributed by atoms with Crippen molar-refractivity contribution in [3.8, 4) is 17.6 Å². The molecule has 1 saturated carbocycles. The van der Waals surface area contributed by atoms with Gasteiger partial charge in [-0.05, 0) is 48.7 Å². The molecule has 2 N–H and O–H groups in total. The molecule has 2 aliphatic rings. The van der Waals surface area contributed by atoms with E-state index in [0.29, 0.717) is 29.7 Å². The second-order valence-corrected chi connectivity index (χ2v) is 9.40. The van der Waals surface area contributed by atoms with Crippen molar-refractivity contribution in [1.29, 1.82) is 5.26 Å². The number of ether oxygens (including phenoxy) is 2. The zero-order valence-corrected chi connectivity index (χ0v) is 17.8. The van der Waals surface area contributed by atoms with Gasteiger partial charge in [-0.25, -0.2) is 0 Å². The van der Waals surface area contributed by atoms with Gasteiger partial charge in [0.15, 0.2) is 11.5 Å². The van der Waals surface area contributed by atoms with Crippen molar-refractivity contribution in [3.63, 3.8) is 0 Å². The van der Waals surface area contributed by atoms with E-state index >= 15 is 0 Å². The molecule has 0 bridgehead atoms. The third-order valence-electron chi connectivity index (χ3n) is 6.07. The molecule has 2 aromatic carbocycles. The van der Waals surface area contributed by atoms with Crippen molar-refractivity contribution in [2.45, 2.75) is 50.7 Å². The minimum atomic E-state index is -3.71. The van der Waals surface area contributed by atoms with Crippen molar-refractivity contribution in [3.05, 3.63) is 53.2 Å². The molecule has 1 aliphatic heterocycles. The molecule has 0 atom stereocenters. The van der Waals surface area contributed by atoms with Crippen molar-refractivity contribution in [2.24, 2.45) is 0 Å². The second-order valence-electron chi connectivity index (χ2n) is 9.40. The monoisotopic (exact) mass is 441 g/mol. The maximum Gasteiger partial charge on any atom is 0.586 e. The Bertz CT molecular complexity index is 1320. The molecule has 5 rings (SSSR count). The highest BCUT2D eigenvalue weighted by atomic mass is 19.3. The lowest BCUT2D eigenvalue weighted by Crippen LogP contribution is -2.28. The maximum atomic E-state index is 13.4. The Morgan fingerprint density at radius 1 is 1.16 bits per heavy atom. The summed E-state index contributed by atoms with van der Waals surface area (Å²) in [5.74, 6) is -0.437. The highest BCUT2D eigenvalue weighted by Crippen LogP contribution is 2.52. The highest BCUT2D eigenvalue weighted by molar-refractivity contribution is 6.03. The summed E-state index contributed by atoms with van der Waals surface area (Å²) < 4.78 is 35.7. The minimum absolute atomic E-state index is 0. The fourth-order valence-corrected chi connectivity index (χ4v) is 4.04. The Hall–Kier alpha value is -3.60. The van der Waals surface area contributed by atoms with Gasteiger partial charge in [0, 0.05) is 24.9 Å². The number of carbonyl (C=O) groups excluding carboxylic acids is 1. The number of nitrogens with zero attached hydrogens (tertiary/aromatic N) is 1. The number of halogens is 2. The van der Waals surface area contributed by atoms with Crippen LogP contribution in [0.3, 0.4) is 0 Å². The van der Waals surface area contributed by atoms with Crippen LogP contribution in [0.5, 0.6) is 11.5 Å². The second kappa shape index (κ2) is 6.45. The topological polar surface area (TPSA) is 87.1 Å². The molecule has 0 spiro atoms. The summed E-state index contributed by atoms with van der Waals surface area (Å²) in [7, 11) is 0. The van der Waals surface area contributed by atoms with Gasteiger partial charge in [0.05, 0.1) is 16.7 Å². The first kappa shape index (κ1) is 20.3. The standard InChI is InChI=1S/C24H21F2N3O3.2H2/c1-22(2,3)20-10-13-8-17(14(12-27)9-16(13)28-20)29-21(30)23(6-7-23)15-4-5-18-19(11-15)32-24(25,26)31-18;;/h4-5,8-11,28H,6-7H2,1-3H3,(H,29,30);2*1H. The van der Waals surface area contributed by atoms with Crippen LogP contribution >= 0.6 is 0 Å². The molecule has 8 heteroatoms. The van der Waals surface area contributed by atoms with Gasteiger partial charge in [0.1, 0.15) is 6.07 Å². The van der Waals surface area contributed by atoms with Crippen LogP contribution in [-0.4, -0.2) is 17.2 Å². The number of amides is 1. The molecule has 6 nitrogen and oxygen atoms in total. The van der Waals surface area contributed by atoms with Gasteiger partial charge in [0.2, 0.25) is 5.91 Å². The first-order chi connectivity index (χ1) is 15.0. The van der Waals surface area contributed by atoms with E-state index in [1.807, 2.05) is 6.07 Å². The van der Waals surface area contributed by atoms with Crippen LogP contribution in [0.1, 0.15) is 53.3 Å². The number of fused-ring (bicyclic) bond motifs is 2. The number of nitrogens with one attached hydrogen (secondary N) is 2. The Kier molecular flexibility index (Phi) is 4.10. The van der Waals surface area contributed by atoms with E-state index in [0.717, 1.165) is 16.6 Å². The third kappa shape index (κ3) is 3.25. The van der Waals surface area contributed by atoms with Gasteiger partial charge in [0.25, 0.3) is 0 Å². The lowest BCUT2D eigenvalue weighted by molar-refractivity contribution is -0.286. The van der Waals surface area contributed by atoms with Crippen LogP contribution in [0.25, 0.3) is 10.9 Å². The summed E-state index contributed by atoms with van der Waals surface area (Å²) in [5, 5.41) is 13.4. The summed E-state index contributed by atoms with van der Waals surface area (Å²) in [6.45, 7) is 6.26. The van der Waals surface area contributed by atoms with Crippen molar-refractivity contribution in [1.82, 2.24) is 4.98 Å². The quantitative estimate of drug-likeness (QED) is 0.536. The number of carbonyl (C=O) groups is 1. The van der Waals surface area contributed by atoms with E-state index in [9.17, 15) is 18.8 Å². The number of aromatic nitrogens is 1. The molecule has 1 amide bonds. The zero-order chi connectivity index (χ0) is 22.9. The Morgan fingerprint density at radius 2 is 1.88 bits per heavy atom. The Labute approximate surface area is 186 Å². The minimum Gasteiger partial charge on any atom is -0.395 e. The first-order valence-corrected chi connectivity index (χ1v) is 10.3.